The Morgan fingerprint density at radius 3 is 2.42 bits per heavy atom. The van der Waals surface area contributed by atoms with Crippen molar-refractivity contribution >= 4 is 11.4 Å². The van der Waals surface area contributed by atoms with Gasteiger partial charge in [-0.25, -0.2) is 4.39 Å². The van der Waals surface area contributed by atoms with Crippen LogP contribution in [0.2, 0.25) is 0 Å². The Morgan fingerprint density at radius 2 is 1.88 bits per heavy atom. The summed E-state index contributed by atoms with van der Waals surface area (Å²) < 4.78 is 41.7. The largest absolute Gasteiger partial charge is 0.384 e. The smallest absolute Gasteiger partial charge is 0.366 e. The van der Waals surface area contributed by atoms with Crippen molar-refractivity contribution < 1.29 is 22.8 Å². The van der Waals surface area contributed by atoms with Gasteiger partial charge >= 0.3 is 6.11 Å². The Bertz CT molecular complexity index is 521. The molecule has 1 aliphatic rings. The summed E-state index contributed by atoms with van der Waals surface area (Å²) in [5.41, 5.74) is 0.558. The predicted molar refractivity (Wildman–Crippen MR) is 86.3 cm³/mol. The van der Waals surface area contributed by atoms with Gasteiger partial charge in [0.15, 0.2) is 6.67 Å². The average Bonchev–Trinajstić information content (AvgIpc) is 2.62. The fraction of sp³-hybridized carbons (Fsp3) is 0.625. The van der Waals surface area contributed by atoms with Crippen LogP contribution >= 0.6 is 0 Å². The molecule has 1 saturated heterocycles. The zero-order valence-electron chi connectivity index (χ0n) is 13.9. The zero-order valence-corrected chi connectivity index (χ0v) is 13.9. The number of piperidine rings is 1. The van der Waals surface area contributed by atoms with Crippen molar-refractivity contribution in [3.05, 3.63) is 34.4 Å². The van der Waals surface area contributed by atoms with E-state index in [0.717, 1.165) is 0 Å². The third kappa shape index (κ3) is 5.67. The van der Waals surface area contributed by atoms with Gasteiger partial charge in [-0.05, 0) is 24.8 Å². The minimum absolute atomic E-state index is 0.0289. The van der Waals surface area contributed by atoms with Gasteiger partial charge in [-0.1, -0.05) is 26.0 Å². The van der Waals surface area contributed by atoms with Crippen molar-refractivity contribution in [2.24, 2.45) is 5.92 Å². The third-order valence-electron chi connectivity index (χ3n) is 3.72. The number of ether oxygens (including phenoxy) is 1. The summed E-state index contributed by atoms with van der Waals surface area (Å²) in [6.07, 6.45) is -2.60. The van der Waals surface area contributed by atoms with Crippen LogP contribution in [0.3, 0.4) is 0 Å². The summed E-state index contributed by atoms with van der Waals surface area (Å²) in [6.45, 7) is 2.99. The van der Waals surface area contributed by atoms with Crippen molar-refractivity contribution in [3.8, 4) is 0 Å². The van der Waals surface area contributed by atoms with Crippen LogP contribution in [0.1, 0.15) is 26.7 Å². The second-order valence-electron chi connectivity index (χ2n) is 5.26. The summed E-state index contributed by atoms with van der Waals surface area (Å²) >= 11 is 0. The lowest BCUT2D eigenvalue weighted by atomic mass is 9.97. The number of hydrogen-bond acceptors (Lipinski definition) is 4. The molecule has 8 heteroatoms. The zero-order chi connectivity index (χ0) is 18.2. The molecular formula is C16H23F3N2O3. The first-order valence-corrected chi connectivity index (χ1v) is 7.99. The maximum Gasteiger partial charge on any atom is 0.384 e. The van der Waals surface area contributed by atoms with Gasteiger partial charge in [-0.15, -0.1) is 0 Å². The second-order valence-corrected chi connectivity index (χ2v) is 5.26. The van der Waals surface area contributed by atoms with Gasteiger partial charge in [-0.2, -0.15) is 8.78 Å². The monoisotopic (exact) mass is 348 g/mol. The molecule has 1 heterocycles. The van der Waals surface area contributed by atoms with E-state index in [0.29, 0.717) is 31.6 Å². The van der Waals surface area contributed by atoms with Crippen molar-refractivity contribution in [2.45, 2.75) is 32.8 Å². The van der Waals surface area contributed by atoms with Crippen LogP contribution in [-0.2, 0) is 4.74 Å². The number of nitro benzene ring substituents is 1. The maximum atomic E-state index is 12.7. The summed E-state index contributed by atoms with van der Waals surface area (Å²) in [6, 6.07) is 6.43. The molecule has 136 valence electrons. The standard InChI is InChI=1S/C14H17F3N2O3.C2H6/c15-10-14(16,17)22-9-11-5-7-18(8-6-11)12-3-1-2-4-13(12)19(20)21;1-2/h1-4,11H,5-10H2;1-2H3. The Balaban J connectivity index is 0.00000139. The fourth-order valence-electron chi connectivity index (χ4n) is 2.50. The van der Waals surface area contributed by atoms with Crippen LogP contribution in [0, 0.1) is 16.0 Å². The minimum atomic E-state index is -3.73. The summed E-state index contributed by atoms with van der Waals surface area (Å²) in [4.78, 5) is 12.4. The molecule has 0 amide bonds. The summed E-state index contributed by atoms with van der Waals surface area (Å²) in [7, 11) is 0. The van der Waals surface area contributed by atoms with Crippen molar-refractivity contribution in [1.82, 2.24) is 0 Å². The van der Waals surface area contributed by atoms with E-state index in [1.165, 1.54) is 6.07 Å². The third-order valence-corrected chi connectivity index (χ3v) is 3.72. The topological polar surface area (TPSA) is 55.6 Å². The normalized spacial score (nSPS) is 15.6. The quantitative estimate of drug-likeness (QED) is 0.564. The number of halogens is 3. The van der Waals surface area contributed by atoms with Crippen molar-refractivity contribution in [3.63, 3.8) is 0 Å². The Labute approximate surface area is 139 Å². The second kappa shape index (κ2) is 9.46. The van der Waals surface area contributed by atoms with Crippen molar-refractivity contribution in [1.29, 1.82) is 0 Å². The van der Waals surface area contributed by atoms with E-state index in [4.69, 9.17) is 0 Å². The van der Waals surface area contributed by atoms with Crippen molar-refractivity contribution in [2.75, 3.05) is 31.3 Å². The first-order valence-electron chi connectivity index (χ1n) is 7.99. The number of alkyl halides is 3. The first-order chi connectivity index (χ1) is 11.4. The molecule has 0 N–H and O–H groups in total. The van der Waals surface area contributed by atoms with E-state index in [1.54, 1.807) is 18.2 Å². The Morgan fingerprint density at radius 1 is 1.29 bits per heavy atom. The highest BCUT2D eigenvalue weighted by Gasteiger charge is 2.32. The van der Waals surface area contributed by atoms with Gasteiger partial charge in [0.1, 0.15) is 5.69 Å². The predicted octanol–water partition coefficient (Wildman–Crippen LogP) is 4.42. The van der Waals surface area contributed by atoms with E-state index in [1.807, 2.05) is 18.7 Å². The van der Waals surface area contributed by atoms with E-state index in [2.05, 4.69) is 4.74 Å². The van der Waals surface area contributed by atoms with E-state index in [-0.39, 0.29) is 18.2 Å². The SMILES string of the molecule is CC.O=[N+]([O-])c1ccccc1N1CCC(COC(F)(F)CF)CC1. The number of hydrogen-bond donors (Lipinski definition) is 0. The number of benzene rings is 1. The number of nitrogens with zero attached hydrogens (tertiary/aromatic N) is 2. The molecule has 0 radical (unpaired) electrons. The van der Waals surface area contributed by atoms with E-state index in [9.17, 15) is 23.3 Å². The molecule has 0 bridgehead atoms. The first kappa shape index (κ1) is 20.2. The van der Waals surface area contributed by atoms with Gasteiger partial charge in [0.25, 0.3) is 5.69 Å². The lowest BCUT2D eigenvalue weighted by Crippen LogP contribution is -2.37. The molecule has 1 fully saturated rings. The number of nitro groups is 1. The number of anilines is 1. The van der Waals surface area contributed by atoms with Crippen LogP contribution < -0.4 is 4.90 Å². The summed E-state index contributed by atoms with van der Waals surface area (Å²) in [5.74, 6) is -0.101. The van der Waals surface area contributed by atoms with Gasteiger partial charge < -0.3 is 9.64 Å². The van der Waals surface area contributed by atoms with Gasteiger partial charge in [0.05, 0.1) is 11.5 Å². The maximum absolute atomic E-state index is 12.7. The Hall–Kier alpha value is -1.83. The molecule has 2 rings (SSSR count). The summed E-state index contributed by atoms with van der Waals surface area (Å²) in [5, 5.41) is 11.0. The molecule has 1 aromatic rings. The van der Waals surface area contributed by atoms with Crippen LogP contribution in [0.5, 0.6) is 0 Å². The molecule has 0 aromatic heterocycles. The molecule has 0 spiro atoms. The van der Waals surface area contributed by atoms with Crippen LogP contribution in [0.25, 0.3) is 0 Å². The molecular weight excluding hydrogens is 325 g/mol. The average molecular weight is 348 g/mol. The van der Waals surface area contributed by atoms with Gasteiger partial charge in [0.2, 0.25) is 0 Å². The van der Waals surface area contributed by atoms with Gasteiger partial charge in [-0.3, -0.25) is 10.1 Å². The van der Waals surface area contributed by atoms with Gasteiger partial charge in [0, 0.05) is 19.2 Å². The molecule has 0 unspecified atom stereocenters. The molecule has 5 nitrogen and oxygen atoms in total. The number of rotatable bonds is 6. The Kier molecular flexibility index (Phi) is 7.97. The molecule has 1 aromatic carbocycles. The van der Waals surface area contributed by atoms with E-state index >= 15 is 0 Å². The fourth-order valence-corrected chi connectivity index (χ4v) is 2.50. The van der Waals surface area contributed by atoms with Crippen LogP contribution in [0.4, 0.5) is 24.5 Å². The molecule has 0 atom stereocenters. The number of para-hydroxylation sites is 2. The molecule has 1 aliphatic heterocycles. The molecule has 0 saturated carbocycles. The lowest BCUT2D eigenvalue weighted by molar-refractivity contribution is -0.384. The highest BCUT2D eigenvalue weighted by molar-refractivity contribution is 5.63. The minimum Gasteiger partial charge on any atom is -0.366 e. The van der Waals surface area contributed by atoms with E-state index < -0.39 is 17.7 Å². The highest BCUT2D eigenvalue weighted by Crippen LogP contribution is 2.31. The molecule has 24 heavy (non-hydrogen) atoms. The van der Waals surface area contributed by atoms with Crippen LogP contribution in [0.15, 0.2) is 24.3 Å². The highest BCUT2D eigenvalue weighted by atomic mass is 19.3. The van der Waals surface area contributed by atoms with Crippen LogP contribution in [-0.4, -0.2) is 37.4 Å². The lowest BCUT2D eigenvalue weighted by Gasteiger charge is -2.33. The molecule has 0 aliphatic carbocycles.